The average Bonchev–Trinajstić information content (AvgIpc) is 3.19. The number of alkyl halides is 2. The van der Waals surface area contributed by atoms with Gasteiger partial charge in [-0.15, -0.1) is 0 Å². The molecule has 4 heteroatoms. The predicted octanol–water partition coefficient (Wildman–Crippen LogP) is 15.4. The quantitative estimate of drug-likeness (QED) is 0.172. The Bertz CT molecular complexity index is 1750. The van der Waals surface area contributed by atoms with E-state index in [0.29, 0.717) is 28.9 Å². The molecule has 0 spiro atoms. The number of aryl methyl sites for hydroxylation is 4. The van der Waals surface area contributed by atoms with Crippen molar-refractivity contribution in [3.63, 3.8) is 0 Å². The van der Waals surface area contributed by atoms with E-state index in [2.05, 4.69) is 57.2 Å². The number of allylic oxidation sites excluding steroid dienone is 1. The monoisotopic (exact) mass is 792 g/mol. The molecule has 1 heterocycles. The van der Waals surface area contributed by atoms with Crippen molar-refractivity contribution < 1.29 is 13.5 Å². The van der Waals surface area contributed by atoms with Gasteiger partial charge in [-0.25, -0.2) is 0 Å². The van der Waals surface area contributed by atoms with Gasteiger partial charge in [0.2, 0.25) is 0 Å². The van der Waals surface area contributed by atoms with Crippen LogP contribution < -0.4 is 0 Å². The van der Waals surface area contributed by atoms with Crippen molar-refractivity contribution in [3.05, 3.63) is 104 Å². The summed E-state index contributed by atoms with van der Waals surface area (Å²) in [6.45, 7) is 12.5. The Morgan fingerprint density at radius 3 is 1.47 bits per heavy atom. The van der Waals surface area contributed by atoms with Gasteiger partial charge in [0.25, 0.3) is 0 Å². The number of ether oxygens (including phenoxy) is 1. The van der Waals surface area contributed by atoms with E-state index in [0.717, 1.165) is 55.8 Å². The van der Waals surface area contributed by atoms with Crippen molar-refractivity contribution in [3.8, 4) is 0 Å². The smallest absolute Gasteiger partial charge is 0.313 e. The molecule has 0 unspecified atom stereocenters. The van der Waals surface area contributed by atoms with Gasteiger partial charge < -0.3 is 4.74 Å². The minimum Gasteiger partial charge on any atom is -0.313 e. The molecule has 0 amide bonds. The third kappa shape index (κ3) is 11.3. The summed E-state index contributed by atoms with van der Waals surface area (Å²) in [4.78, 5) is 4.79. The zero-order valence-corrected chi connectivity index (χ0v) is 37.1. The number of rotatable bonds is 13. The highest BCUT2D eigenvalue weighted by Crippen LogP contribution is 2.44. The standard InChI is InChI=1S/C54H75F2NO/c1-7-8-47-21-26-52(57-35-47)50-22-17-45(18-23-50)31-41-9-15-44(16-10-41)34-49-29-38(4)53(39(5)30-49)54(55,56)58-51-24-19-46(20-25-51)32-42-11-13-43(14-12-42)33-48-27-36(2)40(6)37(3)28-48/h7-8,21,26-30,35,41-46,50-51H,9-20,22-25,31-34H2,1-6H3. The molecule has 7 rings (SSSR count). The number of halogens is 2. The van der Waals surface area contributed by atoms with E-state index < -0.39 is 6.11 Å². The Hall–Kier alpha value is -2.85. The van der Waals surface area contributed by atoms with Gasteiger partial charge in [0, 0.05) is 17.8 Å². The summed E-state index contributed by atoms with van der Waals surface area (Å²) in [5, 5.41) is 0. The van der Waals surface area contributed by atoms with Crippen LogP contribution in [0.1, 0.15) is 184 Å². The summed E-state index contributed by atoms with van der Waals surface area (Å²) in [5.41, 5.74) is 10.9. The lowest BCUT2D eigenvalue weighted by molar-refractivity contribution is -0.278. The van der Waals surface area contributed by atoms with Gasteiger partial charge in [-0.1, -0.05) is 68.2 Å². The molecule has 4 aliphatic carbocycles. The lowest BCUT2D eigenvalue weighted by Crippen LogP contribution is -2.31. The van der Waals surface area contributed by atoms with Gasteiger partial charge in [0.1, 0.15) is 0 Å². The molecule has 4 saturated carbocycles. The summed E-state index contributed by atoms with van der Waals surface area (Å²) < 4.78 is 37.6. The van der Waals surface area contributed by atoms with Crippen molar-refractivity contribution in [2.45, 2.75) is 188 Å². The lowest BCUT2D eigenvalue weighted by atomic mass is 9.72. The van der Waals surface area contributed by atoms with E-state index in [1.165, 1.54) is 135 Å². The summed E-state index contributed by atoms with van der Waals surface area (Å²) >= 11 is 0. The van der Waals surface area contributed by atoms with Crippen molar-refractivity contribution >= 4 is 6.08 Å². The minimum atomic E-state index is -3.25. The topological polar surface area (TPSA) is 22.1 Å². The van der Waals surface area contributed by atoms with E-state index >= 15 is 8.78 Å². The highest BCUT2D eigenvalue weighted by atomic mass is 19.3. The second-order valence-corrected chi connectivity index (χ2v) is 20.1. The van der Waals surface area contributed by atoms with Crippen LogP contribution in [0.4, 0.5) is 8.78 Å². The molecular weight excluding hydrogens is 717 g/mol. The average molecular weight is 792 g/mol. The van der Waals surface area contributed by atoms with E-state index in [9.17, 15) is 0 Å². The highest BCUT2D eigenvalue weighted by molar-refractivity contribution is 5.47. The second kappa shape index (κ2) is 19.7. The first-order chi connectivity index (χ1) is 27.9. The maximum absolute atomic E-state index is 15.9. The fraction of sp³-hybridized carbons (Fsp3) is 0.648. The highest BCUT2D eigenvalue weighted by Gasteiger charge is 2.40. The Labute approximate surface area is 351 Å². The number of benzene rings is 2. The van der Waals surface area contributed by atoms with Crippen LogP contribution >= 0.6 is 0 Å². The molecule has 2 nitrogen and oxygen atoms in total. The second-order valence-electron chi connectivity index (χ2n) is 20.1. The maximum Gasteiger partial charge on any atom is 0.384 e. The first kappa shape index (κ1) is 43.2. The maximum atomic E-state index is 15.9. The summed E-state index contributed by atoms with van der Waals surface area (Å²) in [6.07, 6.45) is 26.7. The Kier molecular flexibility index (Phi) is 14.7. The third-order valence-electron chi connectivity index (χ3n) is 15.7. The fourth-order valence-corrected chi connectivity index (χ4v) is 12.2. The molecule has 0 aliphatic heterocycles. The van der Waals surface area contributed by atoms with Crippen molar-refractivity contribution in [2.75, 3.05) is 0 Å². The van der Waals surface area contributed by atoms with Crippen molar-refractivity contribution in [1.82, 2.24) is 4.98 Å². The molecule has 0 N–H and O–H groups in total. The molecule has 58 heavy (non-hydrogen) atoms. The van der Waals surface area contributed by atoms with Crippen LogP contribution in [0.25, 0.3) is 6.08 Å². The molecule has 4 aliphatic rings. The van der Waals surface area contributed by atoms with Crippen LogP contribution in [0.3, 0.4) is 0 Å². The third-order valence-corrected chi connectivity index (χ3v) is 15.7. The van der Waals surface area contributed by atoms with Crippen LogP contribution in [0.15, 0.2) is 48.7 Å². The van der Waals surface area contributed by atoms with Gasteiger partial charge in [-0.05, 0) is 230 Å². The Morgan fingerprint density at radius 2 is 1.02 bits per heavy atom. The Morgan fingerprint density at radius 1 is 0.586 bits per heavy atom. The summed E-state index contributed by atoms with van der Waals surface area (Å²) in [5.74, 6) is 5.23. The van der Waals surface area contributed by atoms with Crippen LogP contribution in [-0.4, -0.2) is 11.1 Å². The molecular formula is C54H75F2NO. The number of pyridine rings is 1. The zero-order chi connectivity index (χ0) is 40.8. The van der Waals surface area contributed by atoms with Crippen LogP contribution in [0.5, 0.6) is 0 Å². The summed E-state index contributed by atoms with van der Waals surface area (Å²) in [6, 6.07) is 13.3. The number of nitrogens with zero attached hydrogens (tertiary/aromatic N) is 1. The first-order valence-electron chi connectivity index (χ1n) is 23.7. The van der Waals surface area contributed by atoms with E-state index in [-0.39, 0.29) is 11.7 Å². The number of aromatic nitrogens is 1. The molecule has 316 valence electrons. The molecule has 0 bridgehead atoms. The van der Waals surface area contributed by atoms with Gasteiger partial charge in [0.05, 0.1) is 11.7 Å². The molecule has 0 saturated heterocycles. The van der Waals surface area contributed by atoms with E-state index in [1.807, 2.05) is 39.1 Å². The fourth-order valence-electron chi connectivity index (χ4n) is 12.2. The normalized spacial score (nSPS) is 28.6. The van der Waals surface area contributed by atoms with Gasteiger partial charge in [-0.2, -0.15) is 8.78 Å². The molecule has 4 fully saturated rings. The number of hydrogen-bond acceptors (Lipinski definition) is 2. The van der Waals surface area contributed by atoms with Crippen LogP contribution in [0.2, 0.25) is 0 Å². The van der Waals surface area contributed by atoms with E-state index in [4.69, 9.17) is 9.72 Å². The lowest BCUT2D eigenvalue weighted by Gasteiger charge is -2.35. The summed E-state index contributed by atoms with van der Waals surface area (Å²) in [7, 11) is 0. The molecule has 3 aromatic rings. The van der Waals surface area contributed by atoms with Crippen LogP contribution in [-0.2, 0) is 23.7 Å². The first-order valence-corrected chi connectivity index (χ1v) is 23.7. The van der Waals surface area contributed by atoms with Gasteiger partial charge in [-0.3, -0.25) is 4.98 Å². The SMILES string of the molecule is CC=Cc1ccc(C2CCC(CC3CCC(Cc4cc(C)c(C(F)(F)OC5CCC(CC6CCC(Cc7cc(C)c(C)c(C)c7)CC6)CC5)c(C)c4)CC3)CC2)nc1. The zero-order valence-electron chi connectivity index (χ0n) is 37.1. The van der Waals surface area contributed by atoms with Crippen molar-refractivity contribution in [1.29, 1.82) is 0 Å². The van der Waals surface area contributed by atoms with E-state index in [1.54, 1.807) is 0 Å². The van der Waals surface area contributed by atoms with Gasteiger partial charge >= 0.3 is 6.11 Å². The Balaban J connectivity index is 0.806. The minimum absolute atomic E-state index is 0.103. The molecule has 1 aromatic heterocycles. The molecule has 2 aromatic carbocycles. The largest absolute Gasteiger partial charge is 0.384 e. The molecule has 0 radical (unpaired) electrons. The molecule has 0 atom stereocenters. The number of hydrogen-bond donors (Lipinski definition) is 0. The van der Waals surface area contributed by atoms with Crippen LogP contribution in [0, 0.1) is 70.1 Å². The van der Waals surface area contributed by atoms with Gasteiger partial charge in [0.15, 0.2) is 0 Å². The van der Waals surface area contributed by atoms with Crippen molar-refractivity contribution in [2.24, 2.45) is 35.5 Å². The predicted molar refractivity (Wildman–Crippen MR) is 238 cm³/mol.